The molecule has 2 aliphatic heterocycles. The number of hydrogen-bond acceptors (Lipinski definition) is 5. The number of likely N-dealkylation sites (N-methyl/N-ethyl adjacent to an activating group) is 1. The molecule has 1 saturated heterocycles. The third kappa shape index (κ3) is 3.99. The van der Waals surface area contributed by atoms with E-state index < -0.39 is 0 Å². The lowest BCUT2D eigenvalue weighted by Gasteiger charge is -2.49. The number of aliphatic imine (C=N–C) groups is 1. The molecule has 1 atom stereocenters. The first kappa shape index (κ1) is 18.2. The van der Waals surface area contributed by atoms with Crippen LogP contribution in [-0.4, -0.2) is 63.2 Å². The van der Waals surface area contributed by atoms with Gasteiger partial charge in [0, 0.05) is 44.6 Å². The number of nitrogens with zero attached hydrogens (tertiary/aromatic N) is 4. The second-order valence-corrected chi connectivity index (χ2v) is 9.22. The maximum absolute atomic E-state index is 6.24. The van der Waals surface area contributed by atoms with Crippen molar-refractivity contribution in [1.29, 1.82) is 0 Å². The van der Waals surface area contributed by atoms with Crippen molar-refractivity contribution in [3.63, 3.8) is 0 Å². The molecule has 0 aromatic heterocycles. The molecular weight excluding hydrogens is 539 g/mol. The van der Waals surface area contributed by atoms with E-state index in [9.17, 15) is 0 Å². The molecule has 0 radical (unpaired) electrons. The SMILES string of the molecule is CN1CCN(C2CC([C@H](I)N3C=CN=C(Cl)/C3=C(/N)I)C2)CC1. The molecule has 5 nitrogen and oxygen atoms in total. The van der Waals surface area contributed by atoms with E-state index in [2.05, 4.69) is 71.9 Å². The lowest BCUT2D eigenvalue weighted by atomic mass is 9.78. The van der Waals surface area contributed by atoms with E-state index in [1.54, 1.807) is 6.20 Å². The third-order valence-electron chi connectivity index (χ3n) is 4.95. The number of piperazine rings is 1. The number of rotatable bonds is 3. The van der Waals surface area contributed by atoms with Crippen molar-refractivity contribution in [1.82, 2.24) is 14.7 Å². The van der Waals surface area contributed by atoms with Crippen molar-refractivity contribution in [2.75, 3.05) is 33.2 Å². The van der Waals surface area contributed by atoms with Gasteiger partial charge in [0.15, 0.2) is 5.17 Å². The summed E-state index contributed by atoms with van der Waals surface area (Å²) in [6, 6.07) is 0.744. The topological polar surface area (TPSA) is 48.1 Å². The fourth-order valence-electron chi connectivity index (χ4n) is 3.41. The molecule has 2 heterocycles. The largest absolute Gasteiger partial charge is 0.392 e. The first-order chi connectivity index (χ1) is 11.0. The van der Waals surface area contributed by atoms with Gasteiger partial charge in [-0.05, 0) is 48.4 Å². The van der Waals surface area contributed by atoms with Gasteiger partial charge < -0.3 is 15.5 Å². The van der Waals surface area contributed by atoms with Gasteiger partial charge in [-0.15, -0.1) is 0 Å². The van der Waals surface area contributed by atoms with Crippen LogP contribution < -0.4 is 5.73 Å². The summed E-state index contributed by atoms with van der Waals surface area (Å²) >= 11 is 10.9. The van der Waals surface area contributed by atoms with E-state index in [4.69, 9.17) is 17.3 Å². The summed E-state index contributed by atoms with van der Waals surface area (Å²) in [5.41, 5.74) is 6.86. The average molecular weight is 562 g/mol. The van der Waals surface area contributed by atoms with Crippen LogP contribution in [0.5, 0.6) is 0 Å². The zero-order valence-corrected chi connectivity index (χ0v) is 18.2. The van der Waals surface area contributed by atoms with Crippen LogP contribution in [0, 0.1) is 5.92 Å². The van der Waals surface area contributed by atoms with E-state index >= 15 is 0 Å². The van der Waals surface area contributed by atoms with Crippen molar-refractivity contribution in [3.05, 3.63) is 21.8 Å². The minimum atomic E-state index is 0.361. The molecule has 23 heavy (non-hydrogen) atoms. The van der Waals surface area contributed by atoms with Crippen molar-refractivity contribution < 1.29 is 0 Å². The van der Waals surface area contributed by atoms with Gasteiger partial charge >= 0.3 is 0 Å². The number of hydrogen-bond donors (Lipinski definition) is 1. The van der Waals surface area contributed by atoms with Crippen LogP contribution in [0.4, 0.5) is 0 Å². The molecule has 2 fully saturated rings. The summed E-state index contributed by atoms with van der Waals surface area (Å²) in [6.45, 7) is 4.78. The van der Waals surface area contributed by atoms with Crippen LogP contribution >= 0.6 is 56.8 Å². The fourth-order valence-corrected chi connectivity index (χ4v) is 5.41. The van der Waals surface area contributed by atoms with Gasteiger partial charge in [-0.1, -0.05) is 34.2 Å². The highest BCUT2D eigenvalue weighted by Gasteiger charge is 2.41. The van der Waals surface area contributed by atoms with Crippen molar-refractivity contribution in [3.8, 4) is 0 Å². The predicted octanol–water partition coefficient (Wildman–Crippen LogP) is 2.76. The molecule has 3 aliphatic rings. The second-order valence-electron chi connectivity index (χ2n) is 6.42. The fraction of sp³-hybridized carbons (Fsp3) is 0.667. The molecule has 3 rings (SSSR count). The minimum Gasteiger partial charge on any atom is -0.392 e. The maximum Gasteiger partial charge on any atom is 0.155 e. The van der Waals surface area contributed by atoms with Gasteiger partial charge in [0.2, 0.25) is 0 Å². The Labute approximate surface area is 170 Å². The molecule has 8 heteroatoms. The highest BCUT2D eigenvalue weighted by molar-refractivity contribution is 14.1. The van der Waals surface area contributed by atoms with Gasteiger partial charge in [-0.25, -0.2) is 4.99 Å². The minimum absolute atomic E-state index is 0.361. The van der Waals surface area contributed by atoms with E-state index in [0.717, 1.165) is 11.7 Å². The summed E-state index contributed by atoms with van der Waals surface area (Å²) in [7, 11) is 2.21. The highest BCUT2D eigenvalue weighted by atomic mass is 127. The Morgan fingerprint density at radius 3 is 2.61 bits per heavy atom. The summed E-state index contributed by atoms with van der Waals surface area (Å²) in [5.74, 6) is 0.665. The van der Waals surface area contributed by atoms with Crippen molar-refractivity contribution in [2.45, 2.75) is 22.9 Å². The predicted molar refractivity (Wildman–Crippen MR) is 113 cm³/mol. The maximum atomic E-state index is 6.24. The number of allylic oxidation sites excluding steroid dienone is 1. The molecule has 2 N–H and O–H groups in total. The van der Waals surface area contributed by atoms with Gasteiger partial charge in [0.1, 0.15) is 5.70 Å². The van der Waals surface area contributed by atoms with E-state index in [1.807, 2.05) is 6.20 Å². The van der Waals surface area contributed by atoms with Crippen molar-refractivity contribution in [2.24, 2.45) is 16.6 Å². The first-order valence-electron chi connectivity index (χ1n) is 7.88. The first-order valence-corrected chi connectivity index (χ1v) is 10.6. The standard InChI is InChI=1S/C15H22ClI2N5/c1-21-4-6-22(7-5-21)11-8-10(9-11)15(18)23-3-2-20-13(16)12(23)14(17)19/h2-3,10-11,15H,4-9,19H2,1H3/b14-12-/t10?,11?,15-/m1/s1. The van der Waals surface area contributed by atoms with Crippen LogP contribution in [0.25, 0.3) is 0 Å². The lowest BCUT2D eigenvalue weighted by molar-refractivity contribution is 0.0319. The Morgan fingerprint density at radius 1 is 1.35 bits per heavy atom. The second kappa shape index (κ2) is 7.76. The third-order valence-corrected chi connectivity index (χ3v) is 7.36. The Kier molecular flexibility index (Phi) is 6.14. The Hall–Kier alpha value is 0.420. The van der Waals surface area contributed by atoms with Gasteiger partial charge in [-0.2, -0.15) is 0 Å². The normalized spacial score (nSPS) is 33.2. The Morgan fingerprint density at radius 2 is 2.00 bits per heavy atom. The van der Waals surface area contributed by atoms with Gasteiger partial charge in [0.05, 0.1) is 7.75 Å². The number of nitrogens with two attached hydrogens (primary N) is 1. The zero-order chi connectivity index (χ0) is 16.6. The van der Waals surface area contributed by atoms with Crippen LogP contribution in [-0.2, 0) is 0 Å². The van der Waals surface area contributed by atoms with E-state index in [-0.39, 0.29) is 0 Å². The summed E-state index contributed by atoms with van der Waals surface area (Å²) in [5, 5.41) is 0.482. The lowest BCUT2D eigenvalue weighted by Crippen LogP contribution is -2.55. The molecule has 0 aromatic carbocycles. The molecular formula is C15H22ClI2N5. The molecule has 0 aromatic rings. The molecule has 1 aliphatic carbocycles. The molecule has 0 unspecified atom stereocenters. The van der Waals surface area contributed by atoms with Crippen LogP contribution in [0.2, 0.25) is 0 Å². The van der Waals surface area contributed by atoms with Crippen LogP contribution in [0.3, 0.4) is 0 Å². The average Bonchev–Trinajstić information content (AvgIpc) is 2.47. The highest BCUT2D eigenvalue weighted by Crippen LogP contribution is 2.41. The van der Waals surface area contributed by atoms with Crippen LogP contribution in [0.1, 0.15) is 12.8 Å². The quantitative estimate of drug-likeness (QED) is 0.327. The molecule has 0 spiro atoms. The number of halogens is 3. The monoisotopic (exact) mass is 561 g/mol. The molecule has 0 amide bonds. The molecule has 128 valence electrons. The van der Waals surface area contributed by atoms with E-state index in [1.165, 1.54) is 39.0 Å². The Bertz CT molecular complexity index is 532. The van der Waals surface area contributed by atoms with E-state index in [0.29, 0.717) is 18.8 Å². The molecule has 1 saturated carbocycles. The van der Waals surface area contributed by atoms with Gasteiger partial charge in [0.25, 0.3) is 0 Å². The Balaban J connectivity index is 1.58. The summed E-state index contributed by atoms with van der Waals surface area (Å²) in [6.07, 6.45) is 6.26. The van der Waals surface area contributed by atoms with Crippen LogP contribution in [0.15, 0.2) is 26.8 Å². The number of alkyl halides is 1. The zero-order valence-electron chi connectivity index (χ0n) is 13.1. The molecule has 0 bridgehead atoms. The van der Waals surface area contributed by atoms with Gasteiger partial charge in [-0.3, -0.25) is 4.90 Å². The summed E-state index contributed by atoms with van der Waals surface area (Å²) < 4.78 is 1.05. The smallest absolute Gasteiger partial charge is 0.155 e. The summed E-state index contributed by atoms with van der Waals surface area (Å²) in [4.78, 5) is 11.4. The van der Waals surface area contributed by atoms with Crippen molar-refractivity contribution >= 4 is 62.0 Å².